The van der Waals surface area contributed by atoms with Gasteiger partial charge in [0.2, 0.25) is 5.95 Å². The van der Waals surface area contributed by atoms with Crippen LogP contribution in [0.25, 0.3) is 0 Å². The molecule has 0 aliphatic rings. The summed E-state index contributed by atoms with van der Waals surface area (Å²) >= 11 is 0. The van der Waals surface area contributed by atoms with Crippen molar-refractivity contribution in [3.8, 4) is 0 Å². The highest BCUT2D eigenvalue weighted by molar-refractivity contribution is 5.82. The minimum Gasteiger partial charge on any atom is -0.444 e. The van der Waals surface area contributed by atoms with Crippen LogP contribution in [-0.2, 0) is 16.0 Å². The number of aromatic nitrogens is 2. The van der Waals surface area contributed by atoms with Crippen LogP contribution in [0.1, 0.15) is 26.3 Å². The number of hydrogen-bond acceptors (Lipinski definition) is 6. The fourth-order valence-electron chi connectivity index (χ4n) is 1.12. The summed E-state index contributed by atoms with van der Waals surface area (Å²) in [5.74, 6) is 5.11. The van der Waals surface area contributed by atoms with Crippen LogP contribution in [0.2, 0.25) is 0 Å². The number of carbonyl (C=O) groups is 1. The molecule has 1 amide bonds. The van der Waals surface area contributed by atoms with Gasteiger partial charge in [-0.3, -0.25) is 5.32 Å². The van der Waals surface area contributed by atoms with Crippen molar-refractivity contribution in [2.24, 2.45) is 5.90 Å². The van der Waals surface area contributed by atoms with E-state index in [4.69, 9.17) is 10.6 Å². The second-order valence-corrected chi connectivity index (χ2v) is 4.66. The largest absolute Gasteiger partial charge is 0.444 e. The number of hydrogen-bond donors (Lipinski definition) is 2. The van der Waals surface area contributed by atoms with Crippen LogP contribution in [0.3, 0.4) is 0 Å². The van der Waals surface area contributed by atoms with E-state index >= 15 is 0 Å². The summed E-state index contributed by atoms with van der Waals surface area (Å²) in [6, 6.07) is 0. The van der Waals surface area contributed by atoms with Crippen molar-refractivity contribution in [2.75, 3.05) is 11.9 Å². The third-order valence-electron chi connectivity index (χ3n) is 1.83. The molecule has 0 spiro atoms. The molecule has 7 heteroatoms. The fraction of sp³-hybridized carbons (Fsp3) is 0.545. The van der Waals surface area contributed by atoms with Gasteiger partial charge < -0.3 is 9.57 Å². The van der Waals surface area contributed by atoms with E-state index in [1.165, 1.54) is 0 Å². The highest BCUT2D eigenvalue weighted by Gasteiger charge is 2.16. The van der Waals surface area contributed by atoms with Crippen LogP contribution in [0.5, 0.6) is 0 Å². The summed E-state index contributed by atoms with van der Waals surface area (Å²) in [7, 11) is 0. The quantitative estimate of drug-likeness (QED) is 0.784. The molecule has 0 aromatic carbocycles. The summed E-state index contributed by atoms with van der Waals surface area (Å²) in [6.45, 7) is 5.73. The van der Waals surface area contributed by atoms with Crippen molar-refractivity contribution < 1.29 is 14.4 Å². The standard InChI is InChI=1S/C11H18N4O3/c1-11(2,3)18-10(16)15-9-13-6-8(7-14-9)4-5-17-12/h6-7H,4-5,12H2,1-3H3,(H,13,14,15,16). The number of carbonyl (C=O) groups excluding carboxylic acids is 1. The number of rotatable bonds is 4. The topological polar surface area (TPSA) is 99.4 Å². The van der Waals surface area contributed by atoms with Gasteiger partial charge in [0.15, 0.2) is 0 Å². The first-order valence-electron chi connectivity index (χ1n) is 5.53. The van der Waals surface area contributed by atoms with Gasteiger partial charge in [-0.25, -0.2) is 20.7 Å². The summed E-state index contributed by atoms with van der Waals surface area (Å²) in [5, 5.41) is 2.44. The Balaban J connectivity index is 2.50. The van der Waals surface area contributed by atoms with Gasteiger partial charge in [-0.1, -0.05) is 0 Å². The van der Waals surface area contributed by atoms with Crippen molar-refractivity contribution in [1.82, 2.24) is 9.97 Å². The van der Waals surface area contributed by atoms with Crippen LogP contribution in [0, 0.1) is 0 Å². The average molecular weight is 254 g/mol. The first-order chi connectivity index (χ1) is 8.40. The van der Waals surface area contributed by atoms with Crippen molar-refractivity contribution >= 4 is 12.0 Å². The normalized spacial score (nSPS) is 11.1. The predicted octanol–water partition coefficient (Wildman–Crippen LogP) is 1.26. The van der Waals surface area contributed by atoms with Gasteiger partial charge in [0.05, 0.1) is 6.61 Å². The van der Waals surface area contributed by atoms with Crippen molar-refractivity contribution in [1.29, 1.82) is 0 Å². The van der Waals surface area contributed by atoms with Gasteiger partial charge in [0.25, 0.3) is 0 Å². The molecule has 3 N–H and O–H groups in total. The fourth-order valence-corrected chi connectivity index (χ4v) is 1.12. The monoisotopic (exact) mass is 254 g/mol. The summed E-state index contributed by atoms with van der Waals surface area (Å²) < 4.78 is 5.07. The van der Waals surface area contributed by atoms with Crippen molar-refractivity contribution in [3.63, 3.8) is 0 Å². The number of ether oxygens (including phenoxy) is 1. The summed E-state index contributed by atoms with van der Waals surface area (Å²) in [4.78, 5) is 23.8. The lowest BCUT2D eigenvalue weighted by atomic mass is 10.2. The Labute approximate surface area is 106 Å². The molecule has 0 radical (unpaired) electrons. The van der Waals surface area contributed by atoms with E-state index < -0.39 is 11.7 Å². The Morgan fingerprint density at radius 2 is 2.00 bits per heavy atom. The molecule has 0 bridgehead atoms. The average Bonchev–Trinajstić information content (AvgIpc) is 2.25. The molecule has 7 nitrogen and oxygen atoms in total. The lowest BCUT2D eigenvalue weighted by Gasteiger charge is -2.19. The van der Waals surface area contributed by atoms with E-state index in [0.717, 1.165) is 5.56 Å². The number of amides is 1. The molecule has 0 saturated carbocycles. The Morgan fingerprint density at radius 1 is 1.39 bits per heavy atom. The third-order valence-corrected chi connectivity index (χ3v) is 1.83. The van der Waals surface area contributed by atoms with Crippen LogP contribution < -0.4 is 11.2 Å². The van der Waals surface area contributed by atoms with E-state index in [0.29, 0.717) is 13.0 Å². The number of nitrogens with zero attached hydrogens (tertiary/aromatic N) is 2. The second-order valence-electron chi connectivity index (χ2n) is 4.66. The van der Waals surface area contributed by atoms with Crippen LogP contribution in [0.15, 0.2) is 12.4 Å². The van der Waals surface area contributed by atoms with E-state index in [2.05, 4.69) is 20.1 Å². The molecule has 100 valence electrons. The number of anilines is 1. The van der Waals surface area contributed by atoms with Gasteiger partial charge in [-0.05, 0) is 26.3 Å². The maximum atomic E-state index is 11.4. The Kier molecular flexibility index (Phi) is 4.99. The van der Waals surface area contributed by atoms with Crippen molar-refractivity contribution in [2.45, 2.75) is 32.8 Å². The molecule has 1 aromatic heterocycles. The Morgan fingerprint density at radius 3 is 2.50 bits per heavy atom. The molecular formula is C11H18N4O3. The highest BCUT2D eigenvalue weighted by atomic mass is 16.6. The maximum absolute atomic E-state index is 11.4. The third kappa shape index (κ3) is 5.55. The second kappa shape index (κ2) is 6.27. The first kappa shape index (κ1) is 14.3. The zero-order chi connectivity index (χ0) is 13.6. The predicted molar refractivity (Wildman–Crippen MR) is 65.7 cm³/mol. The Bertz CT molecular complexity index is 386. The zero-order valence-electron chi connectivity index (χ0n) is 10.8. The summed E-state index contributed by atoms with van der Waals surface area (Å²) in [6.07, 6.45) is 3.22. The molecule has 1 aromatic rings. The van der Waals surface area contributed by atoms with Gasteiger partial charge in [-0.2, -0.15) is 0 Å². The lowest BCUT2D eigenvalue weighted by molar-refractivity contribution is 0.0634. The number of nitrogens with one attached hydrogen (secondary N) is 1. The van der Waals surface area contributed by atoms with E-state index in [1.54, 1.807) is 33.2 Å². The molecule has 0 atom stereocenters. The molecule has 0 saturated heterocycles. The minimum absolute atomic E-state index is 0.196. The van der Waals surface area contributed by atoms with Crippen LogP contribution in [0.4, 0.5) is 10.7 Å². The molecule has 0 unspecified atom stereocenters. The molecule has 0 aliphatic heterocycles. The van der Waals surface area contributed by atoms with Gasteiger partial charge in [0.1, 0.15) is 5.60 Å². The van der Waals surface area contributed by atoms with Crippen LogP contribution in [-0.4, -0.2) is 28.3 Å². The first-order valence-corrected chi connectivity index (χ1v) is 5.53. The zero-order valence-corrected chi connectivity index (χ0v) is 10.8. The molecule has 0 fully saturated rings. The van der Waals surface area contributed by atoms with E-state index in [-0.39, 0.29) is 5.95 Å². The van der Waals surface area contributed by atoms with Gasteiger partial charge in [-0.15, -0.1) is 0 Å². The molecular weight excluding hydrogens is 236 g/mol. The SMILES string of the molecule is CC(C)(C)OC(=O)Nc1ncc(CCON)cn1. The minimum atomic E-state index is -0.583. The highest BCUT2D eigenvalue weighted by Crippen LogP contribution is 2.09. The lowest BCUT2D eigenvalue weighted by Crippen LogP contribution is -2.27. The molecule has 18 heavy (non-hydrogen) atoms. The molecule has 1 heterocycles. The van der Waals surface area contributed by atoms with Gasteiger partial charge >= 0.3 is 6.09 Å². The molecule has 1 rings (SSSR count). The number of nitrogens with two attached hydrogens (primary N) is 1. The maximum Gasteiger partial charge on any atom is 0.414 e. The Hall–Kier alpha value is -1.73. The molecule has 0 aliphatic carbocycles. The van der Waals surface area contributed by atoms with Crippen molar-refractivity contribution in [3.05, 3.63) is 18.0 Å². The van der Waals surface area contributed by atoms with Gasteiger partial charge in [0, 0.05) is 18.8 Å². The smallest absolute Gasteiger partial charge is 0.414 e. The van der Waals surface area contributed by atoms with E-state index in [9.17, 15) is 4.79 Å². The van der Waals surface area contributed by atoms with E-state index in [1.807, 2.05) is 0 Å². The van der Waals surface area contributed by atoms with Crippen LogP contribution >= 0.6 is 0 Å². The summed E-state index contributed by atoms with van der Waals surface area (Å²) in [5.41, 5.74) is 0.317.